The first-order valence-electron chi connectivity index (χ1n) is 22.0. The fourth-order valence-electron chi connectivity index (χ4n) is 5.58. The number of carbonyl (C=O) groups excluding carboxylic acids is 2. The van der Waals surface area contributed by atoms with Crippen molar-refractivity contribution in [2.24, 2.45) is 0 Å². The number of phosphoric acid groups is 1. The topological polar surface area (TPSA) is 111 Å². The van der Waals surface area contributed by atoms with Crippen LogP contribution in [0.5, 0.6) is 0 Å². The molecule has 1 unspecified atom stereocenters. The molecule has 0 aromatic rings. The van der Waals surface area contributed by atoms with Gasteiger partial charge in [0.2, 0.25) is 0 Å². The number of likely N-dealkylation sites (N-methyl/N-ethyl adjacent to an activating group) is 1. The van der Waals surface area contributed by atoms with Gasteiger partial charge in [0, 0.05) is 12.8 Å². The fraction of sp³-hybridized carbons (Fsp3) is 0.739. The molecule has 0 radical (unpaired) electrons. The number of esters is 2. The third-order valence-electron chi connectivity index (χ3n) is 9.02. The van der Waals surface area contributed by atoms with Crippen LogP contribution in [0.3, 0.4) is 0 Å². The highest BCUT2D eigenvalue weighted by Crippen LogP contribution is 2.38. The second-order valence-electron chi connectivity index (χ2n) is 15.7. The van der Waals surface area contributed by atoms with Gasteiger partial charge in [0.1, 0.15) is 19.8 Å². The summed E-state index contributed by atoms with van der Waals surface area (Å²) in [6.07, 6.45) is 45.3. The minimum absolute atomic E-state index is 0.0381. The maximum absolute atomic E-state index is 12.7. The van der Waals surface area contributed by atoms with Crippen LogP contribution in [-0.4, -0.2) is 70.0 Å². The van der Waals surface area contributed by atoms with Gasteiger partial charge in [-0.15, -0.1) is 0 Å². The minimum atomic E-state index is -4.63. The van der Waals surface area contributed by atoms with Crippen molar-refractivity contribution in [3.8, 4) is 0 Å². The van der Waals surface area contributed by atoms with Crippen LogP contribution in [-0.2, 0) is 32.7 Å². The lowest BCUT2D eigenvalue weighted by Gasteiger charge is -2.28. The van der Waals surface area contributed by atoms with Crippen molar-refractivity contribution >= 4 is 19.8 Å². The van der Waals surface area contributed by atoms with E-state index in [0.29, 0.717) is 23.9 Å². The number of nitrogens with zero attached hydrogens (tertiary/aromatic N) is 1. The summed E-state index contributed by atoms with van der Waals surface area (Å²) in [7, 11) is 1.14. The lowest BCUT2D eigenvalue weighted by Crippen LogP contribution is -2.37. The lowest BCUT2D eigenvalue weighted by atomic mass is 10.1. The van der Waals surface area contributed by atoms with Gasteiger partial charge in [-0.1, -0.05) is 139 Å². The second-order valence-corrected chi connectivity index (χ2v) is 17.1. The van der Waals surface area contributed by atoms with E-state index in [4.69, 9.17) is 18.5 Å². The smallest absolute Gasteiger partial charge is 0.306 e. The molecule has 0 saturated carbocycles. The Balaban J connectivity index is 4.41. The summed E-state index contributed by atoms with van der Waals surface area (Å²) in [5, 5.41) is 0. The molecule has 0 fully saturated rings. The number of carbonyl (C=O) groups is 2. The predicted molar refractivity (Wildman–Crippen MR) is 231 cm³/mol. The van der Waals surface area contributed by atoms with E-state index in [1.165, 1.54) is 44.9 Å². The lowest BCUT2D eigenvalue weighted by molar-refractivity contribution is -0.870. The van der Waals surface area contributed by atoms with Crippen molar-refractivity contribution in [2.75, 3.05) is 47.5 Å². The van der Waals surface area contributed by atoms with Crippen molar-refractivity contribution in [1.29, 1.82) is 0 Å². The Kier molecular flexibility index (Phi) is 36.7. The number of ether oxygens (including phenoxy) is 2. The highest BCUT2D eigenvalue weighted by atomic mass is 31.2. The van der Waals surface area contributed by atoms with Gasteiger partial charge < -0.3 is 27.9 Å². The van der Waals surface area contributed by atoms with Gasteiger partial charge in [-0.3, -0.25) is 14.2 Å². The molecule has 0 N–H and O–H groups in total. The van der Waals surface area contributed by atoms with Crippen LogP contribution in [0, 0.1) is 0 Å². The predicted octanol–water partition coefficient (Wildman–Crippen LogP) is 11.8. The zero-order valence-corrected chi connectivity index (χ0v) is 37.2. The van der Waals surface area contributed by atoms with Crippen molar-refractivity contribution in [2.45, 2.75) is 174 Å². The number of allylic oxidation sites excluding steroid dienone is 10. The van der Waals surface area contributed by atoms with Gasteiger partial charge >= 0.3 is 11.9 Å². The highest BCUT2D eigenvalue weighted by molar-refractivity contribution is 7.45. The maximum Gasteiger partial charge on any atom is 0.306 e. The Hall–Kier alpha value is -2.29. The summed E-state index contributed by atoms with van der Waals surface area (Å²) >= 11 is 0. The van der Waals surface area contributed by atoms with Crippen LogP contribution in [0.15, 0.2) is 60.8 Å². The third-order valence-corrected chi connectivity index (χ3v) is 9.99. The molecule has 0 aliphatic carbocycles. The van der Waals surface area contributed by atoms with E-state index in [1.54, 1.807) is 0 Å². The number of phosphoric ester groups is 1. The summed E-state index contributed by atoms with van der Waals surface area (Å²) in [4.78, 5) is 37.5. The van der Waals surface area contributed by atoms with E-state index in [-0.39, 0.29) is 26.1 Å². The summed E-state index contributed by atoms with van der Waals surface area (Å²) in [6.45, 7) is 4.05. The monoisotopic (exact) mass is 808 g/mol. The molecule has 0 aromatic heterocycles. The van der Waals surface area contributed by atoms with Crippen molar-refractivity contribution in [3.63, 3.8) is 0 Å². The van der Waals surface area contributed by atoms with Gasteiger partial charge in [-0.05, 0) is 77.0 Å². The molecular weight excluding hydrogens is 725 g/mol. The standard InChI is InChI=1S/C46H82NO8P/c1-6-8-10-12-14-16-18-20-22-23-25-27-29-31-33-35-37-39-46(49)55-44(43-54-56(50,51)53-41-40-47(3,4)5)42-52-45(48)38-36-34-32-30-28-26-24-21-19-17-15-13-11-9-7-2/h9,11,14-17,20-22,24,44H,6-8,10,12-13,18-19,23,25-43H2,1-5H3/b11-9-,16-14-,17-15-,22-20-,24-21-/t44-/m1/s1. The Morgan fingerprint density at radius 2 is 1.02 bits per heavy atom. The van der Waals surface area contributed by atoms with Crippen LogP contribution < -0.4 is 4.89 Å². The first-order chi connectivity index (χ1) is 27.0. The molecular formula is C46H82NO8P. The van der Waals surface area contributed by atoms with Crippen LogP contribution in [0.1, 0.15) is 168 Å². The maximum atomic E-state index is 12.7. The number of quaternary nitrogens is 1. The molecule has 10 heteroatoms. The second kappa shape index (κ2) is 38.2. The number of hydrogen-bond acceptors (Lipinski definition) is 8. The first-order valence-corrected chi connectivity index (χ1v) is 23.5. The summed E-state index contributed by atoms with van der Waals surface area (Å²) in [5.74, 6) is -0.867. The van der Waals surface area contributed by atoms with Crippen molar-refractivity contribution in [3.05, 3.63) is 60.8 Å². The summed E-state index contributed by atoms with van der Waals surface area (Å²) < 4.78 is 33.9. The van der Waals surface area contributed by atoms with E-state index in [9.17, 15) is 19.0 Å². The SMILES string of the molecule is CC/C=C\C/C=C\C/C=C\CCCCCCCC(=O)OC[C@H](COP(=O)([O-])OCC[N+](C)(C)C)OC(=O)CCCCCCCCC/C=C\C/C=C\CCCCC. The van der Waals surface area contributed by atoms with E-state index in [2.05, 4.69) is 74.6 Å². The van der Waals surface area contributed by atoms with Gasteiger partial charge in [-0.25, -0.2) is 0 Å². The van der Waals surface area contributed by atoms with Crippen LogP contribution in [0.25, 0.3) is 0 Å². The Bertz CT molecular complexity index is 1140. The molecule has 0 rings (SSSR count). The van der Waals surface area contributed by atoms with Gasteiger partial charge in [0.25, 0.3) is 7.82 Å². The molecule has 0 aliphatic heterocycles. The number of hydrogen-bond donors (Lipinski definition) is 0. The molecule has 56 heavy (non-hydrogen) atoms. The van der Waals surface area contributed by atoms with Crippen LogP contribution >= 0.6 is 7.82 Å². The first kappa shape index (κ1) is 53.7. The quantitative estimate of drug-likeness (QED) is 0.0198. The van der Waals surface area contributed by atoms with Crippen molar-refractivity contribution < 1.29 is 42.1 Å². The molecule has 0 bridgehead atoms. The zero-order chi connectivity index (χ0) is 41.4. The number of unbranched alkanes of at least 4 members (excludes halogenated alkanes) is 15. The van der Waals surface area contributed by atoms with Crippen LogP contribution in [0.2, 0.25) is 0 Å². The molecule has 324 valence electrons. The van der Waals surface area contributed by atoms with E-state index in [0.717, 1.165) is 83.5 Å². The largest absolute Gasteiger partial charge is 0.756 e. The molecule has 9 nitrogen and oxygen atoms in total. The average molecular weight is 808 g/mol. The summed E-state index contributed by atoms with van der Waals surface area (Å²) in [5.41, 5.74) is 0. The normalized spacial score (nSPS) is 14.2. The molecule has 0 aromatic carbocycles. The van der Waals surface area contributed by atoms with E-state index in [1.807, 2.05) is 21.1 Å². The molecule has 0 saturated heterocycles. The third kappa shape index (κ3) is 41.3. The van der Waals surface area contributed by atoms with Gasteiger partial charge in [-0.2, -0.15) is 0 Å². The molecule has 2 atom stereocenters. The van der Waals surface area contributed by atoms with Gasteiger partial charge in [0.05, 0.1) is 27.7 Å². The van der Waals surface area contributed by atoms with Crippen LogP contribution in [0.4, 0.5) is 0 Å². The van der Waals surface area contributed by atoms with E-state index < -0.39 is 32.5 Å². The zero-order valence-electron chi connectivity index (χ0n) is 36.3. The van der Waals surface area contributed by atoms with E-state index >= 15 is 0 Å². The Labute approximate surface area is 343 Å². The summed E-state index contributed by atoms with van der Waals surface area (Å²) in [6, 6.07) is 0. The molecule has 0 aliphatic rings. The molecule has 0 amide bonds. The Morgan fingerprint density at radius 1 is 0.571 bits per heavy atom. The van der Waals surface area contributed by atoms with Gasteiger partial charge in [0.15, 0.2) is 6.10 Å². The molecule has 0 spiro atoms. The van der Waals surface area contributed by atoms with Crippen molar-refractivity contribution in [1.82, 2.24) is 0 Å². The Morgan fingerprint density at radius 3 is 1.52 bits per heavy atom. The highest BCUT2D eigenvalue weighted by Gasteiger charge is 2.21. The fourth-order valence-corrected chi connectivity index (χ4v) is 6.31. The molecule has 0 heterocycles. The minimum Gasteiger partial charge on any atom is -0.756 e. The average Bonchev–Trinajstić information content (AvgIpc) is 3.15. The number of rotatable bonds is 39.